The van der Waals surface area contributed by atoms with Gasteiger partial charge in [0.1, 0.15) is 17.5 Å². The van der Waals surface area contributed by atoms with Crippen molar-refractivity contribution in [1.29, 1.82) is 0 Å². The number of hydrogen-bond donors (Lipinski definition) is 1. The van der Waals surface area contributed by atoms with Crippen molar-refractivity contribution in [1.82, 2.24) is 15.1 Å². The highest BCUT2D eigenvalue weighted by Crippen LogP contribution is 2.43. The Balaban J connectivity index is 1.86. The molecule has 1 N–H and O–H groups in total. The Bertz CT molecular complexity index is 729. The van der Waals surface area contributed by atoms with Crippen molar-refractivity contribution in [2.45, 2.75) is 44.4 Å². The second-order valence-electron chi connectivity index (χ2n) is 8.46. The molecule has 1 aliphatic carbocycles. The van der Waals surface area contributed by atoms with Crippen LogP contribution in [0.3, 0.4) is 0 Å². The summed E-state index contributed by atoms with van der Waals surface area (Å²) >= 11 is 0. The largest absolute Gasteiger partial charge is 0.497 e. The zero-order valence-corrected chi connectivity index (χ0v) is 17.9. The van der Waals surface area contributed by atoms with Crippen LogP contribution in [0.25, 0.3) is 0 Å². The van der Waals surface area contributed by atoms with Crippen molar-refractivity contribution in [3.63, 3.8) is 0 Å². The first kappa shape index (κ1) is 21.6. The van der Waals surface area contributed by atoms with Crippen LogP contribution in [0.4, 0.5) is 0 Å². The van der Waals surface area contributed by atoms with Gasteiger partial charge in [-0.3, -0.25) is 14.5 Å². The number of carbonyl (C=O) groups is 2. The molecular formula is C22H33N3O4. The molecule has 1 aromatic rings. The van der Waals surface area contributed by atoms with E-state index in [1.807, 2.05) is 19.0 Å². The first-order valence-corrected chi connectivity index (χ1v) is 10.4. The average molecular weight is 404 g/mol. The first-order valence-electron chi connectivity index (χ1n) is 10.4. The molecule has 1 spiro atoms. The van der Waals surface area contributed by atoms with E-state index in [-0.39, 0.29) is 18.4 Å². The van der Waals surface area contributed by atoms with Crippen LogP contribution in [-0.2, 0) is 9.53 Å². The molecule has 7 nitrogen and oxygen atoms in total. The minimum absolute atomic E-state index is 0.154. The van der Waals surface area contributed by atoms with Crippen LogP contribution in [-0.4, -0.2) is 74.3 Å². The third kappa shape index (κ3) is 4.73. The van der Waals surface area contributed by atoms with Gasteiger partial charge in [0.2, 0.25) is 5.91 Å². The lowest BCUT2D eigenvalue weighted by Gasteiger charge is -2.43. The number of rotatable bonds is 6. The molecule has 0 radical (unpaired) electrons. The Hall–Kier alpha value is -2.12. The number of nitrogens with zero attached hydrogens (tertiary/aromatic N) is 2. The van der Waals surface area contributed by atoms with Gasteiger partial charge in [0.25, 0.3) is 5.91 Å². The molecule has 0 bridgehead atoms. The summed E-state index contributed by atoms with van der Waals surface area (Å²) in [5.74, 6) is 0.891. The number of benzene rings is 1. The highest BCUT2D eigenvalue weighted by molar-refractivity contribution is 5.98. The third-order valence-electron chi connectivity index (χ3n) is 6.01. The molecule has 1 heterocycles. The molecule has 0 aromatic heterocycles. The molecule has 1 aliphatic heterocycles. The minimum Gasteiger partial charge on any atom is -0.497 e. The molecule has 0 unspecified atom stereocenters. The Morgan fingerprint density at radius 3 is 2.69 bits per heavy atom. The SMILES string of the molecule is COc1cccc(C(=O)N2[C@H](C(=O)NCCN(C)C)COC23CCC(C)CC3)c1. The van der Waals surface area contributed by atoms with Crippen molar-refractivity contribution >= 4 is 11.8 Å². The van der Waals surface area contributed by atoms with Gasteiger partial charge in [-0.05, 0) is 63.9 Å². The molecule has 2 amide bonds. The van der Waals surface area contributed by atoms with Crippen molar-refractivity contribution in [3.05, 3.63) is 29.8 Å². The van der Waals surface area contributed by atoms with Crippen LogP contribution in [0.15, 0.2) is 24.3 Å². The maximum Gasteiger partial charge on any atom is 0.257 e. The lowest BCUT2D eigenvalue weighted by atomic mass is 9.83. The molecule has 1 saturated heterocycles. The highest BCUT2D eigenvalue weighted by atomic mass is 16.5. The fraction of sp³-hybridized carbons (Fsp3) is 0.636. The molecule has 29 heavy (non-hydrogen) atoms. The quantitative estimate of drug-likeness (QED) is 0.788. The summed E-state index contributed by atoms with van der Waals surface area (Å²) in [5.41, 5.74) is -0.185. The standard InChI is InChI=1S/C22H33N3O4/c1-16-8-10-22(11-9-16)25(21(27)17-6-5-7-18(14-17)28-4)19(15-29-22)20(26)23-12-13-24(2)3/h5-7,14,16,19H,8-13,15H2,1-4H3,(H,23,26)/t16?,19-,22?/m0/s1. The van der Waals surface area contributed by atoms with Gasteiger partial charge in [-0.2, -0.15) is 0 Å². The predicted molar refractivity (Wildman–Crippen MR) is 111 cm³/mol. The Labute approximate surface area is 173 Å². The molecule has 7 heteroatoms. The van der Waals surface area contributed by atoms with E-state index in [0.717, 1.165) is 32.2 Å². The number of ether oxygens (including phenoxy) is 2. The first-order chi connectivity index (χ1) is 13.9. The minimum atomic E-state index is -0.698. The summed E-state index contributed by atoms with van der Waals surface area (Å²) in [5, 5.41) is 2.97. The number of hydrogen-bond acceptors (Lipinski definition) is 5. The molecule has 2 aliphatic rings. The fourth-order valence-electron chi connectivity index (χ4n) is 4.20. The maximum absolute atomic E-state index is 13.6. The van der Waals surface area contributed by atoms with Gasteiger partial charge in [-0.15, -0.1) is 0 Å². The highest BCUT2D eigenvalue weighted by Gasteiger charge is 2.53. The Morgan fingerprint density at radius 1 is 1.31 bits per heavy atom. The Kier molecular flexibility index (Phi) is 6.80. The fourth-order valence-corrected chi connectivity index (χ4v) is 4.20. The zero-order valence-electron chi connectivity index (χ0n) is 17.9. The van der Waals surface area contributed by atoms with Crippen molar-refractivity contribution in [3.8, 4) is 5.75 Å². The summed E-state index contributed by atoms with van der Waals surface area (Å²) in [6.45, 7) is 3.73. The van der Waals surface area contributed by atoms with Crippen LogP contribution in [0.1, 0.15) is 43.0 Å². The summed E-state index contributed by atoms with van der Waals surface area (Å²) in [4.78, 5) is 30.2. The molecule has 2 fully saturated rings. The number of likely N-dealkylation sites (N-methyl/N-ethyl adjacent to an activating group) is 1. The van der Waals surface area contributed by atoms with E-state index in [2.05, 4.69) is 12.2 Å². The van der Waals surface area contributed by atoms with Gasteiger partial charge < -0.3 is 19.7 Å². The van der Waals surface area contributed by atoms with Gasteiger partial charge in [-0.25, -0.2) is 0 Å². The zero-order chi connectivity index (χ0) is 21.0. The number of amides is 2. The van der Waals surface area contributed by atoms with Gasteiger partial charge in [0.15, 0.2) is 0 Å². The van der Waals surface area contributed by atoms with Crippen molar-refractivity contribution in [2.75, 3.05) is 40.9 Å². The summed E-state index contributed by atoms with van der Waals surface area (Å²) in [6.07, 6.45) is 3.48. The molecular weight excluding hydrogens is 370 g/mol. The lowest BCUT2D eigenvalue weighted by molar-refractivity contribution is -0.127. The van der Waals surface area contributed by atoms with E-state index < -0.39 is 11.8 Å². The monoisotopic (exact) mass is 403 g/mol. The van der Waals surface area contributed by atoms with Crippen LogP contribution >= 0.6 is 0 Å². The van der Waals surface area contributed by atoms with Crippen LogP contribution in [0.5, 0.6) is 5.75 Å². The topological polar surface area (TPSA) is 71.1 Å². The molecule has 1 saturated carbocycles. The van der Waals surface area contributed by atoms with Crippen LogP contribution in [0.2, 0.25) is 0 Å². The number of nitrogens with one attached hydrogen (secondary N) is 1. The second kappa shape index (κ2) is 9.13. The van der Waals surface area contributed by atoms with E-state index in [1.54, 1.807) is 36.3 Å². The molecule has 3 rings (SSSR count). The van der Waals surface area contributed by atoms with Crippen LogP contribution < -0.4 is 10.1 Å². The average Bonchev–Trinajstić information content (AvgIpc) is 3.08. The molecule has 1 aromatic carbocycles. The summed E-state index contributed by atoms with van der Waals surface area (Å²) in [7, 11) is 5.50. The summed E-state index contributed by atoms with van der Waals surface area (Å²) < 4.78 is 11.5. The normalized spacial score (nSPS) is 26.7. The maximum atomic E-state index is 13.6. The molecule has 1 atom stereocenters. The van der Waals surface area contributed by atoms with Gasteiger partial charge in [-0.1, -0.05) is 13.0 Å². The summed E-state index contributed by atoms with van der Waals surface area (Å²) in [6, 6.07) is 6.47. The second-order valence-corrected chi connectivity index (χ2v) is 8.46. The lowest BCUT2D eigenvalue weighted by Crippen LogP contribution is -2.57. The Morgan fingerprint density at radius 2 is 2.03 bits per heavy atom. The smallest absolute Gasteiger partial charge is 0.257 e. The van der Waals surface area contributed by atoms with E-state index in [0.29, 0.717) is 23.8 Å². The van der Waals surface area contributed by atoms with Gasteiger partial charge in [0, 0.05) is 18.7 Å². The predicted octanol–water partition coefficient (Wildman–Crippen LogP) is 2.12. The van der Waals surface area contributed by atoms with Gasteiger partial charge >= 0.3 is 0 Å². The van der Waals surface area contributed by atoms with Crippen molar-refractivity contribution < 1.29 is 19.1 Å². The third-order valence-corrected chi connectivity index (χ3v) is 6.01. The van der Waals surface area contributed by atoms with Gasteiger partial charge in [0.05, 0.1) is 13.7 Å². The van der Waals surface area contributed by atoms with Crippen LogP contribution in [0, 0.1) is 5.92 Å². The van der Waals surface area contributed by atoms with Crippen molar-refractivity contribution in [2.24, 2.45) is 5.92 Å². The van der Waals surface area contributed by atoms with E-state index in [9.17, 15) is 9.59 Å². The van der Waals surface area contributed by atoms with E-state index in [1.165, 1.54) is 0 Å². The number of carbonyl (C=O) groups excluding carboxylic acids is 2. The number of methoxy groups -OCH3 is 1. The van der Waals surface area contributed by atoms with E-state index in [4.69, 9.17) is 9.47 Å². The molecule has 160 valence electrons. The van der Waals surface area contributed by atoms with E-state index >= 15 is 0 Å².